The number of amides is 1. The molecule has 1 aliphatic rings. The van der Waals surface area contributed by atoms with Crippen LogP contribution < -0.4 is 16.8 Å². The topological polar surface area (TPSA) is 131 Å². The molecule has 0 fully saturated rings. The fraction of sp³-hybridized carbons (Fsp3) is 0.600. The number of amidine groups is 1. The first-order valence-electron chi connectivity index (χ1n) is 3.56. The molecule has 0 saturated carbocycles. The van der Waals surface area contributed by atoms with Crippen LogP contribution in [0.1, 0.15) is 0 Å². The van der Waals surface area contributed by atoms with Gasteiger partial charge in [-0.2, -0.15) is 0 Å². The molecule has 1 amide bonds. The molecular formula is C5H11N5O3. The Labute approximate surface area is 73.9 Å². The molecule has 8 nitrogen and oxygen atoms in total. The SMILES string of the molecule is CNC1C(=O)N(O)[N+]([O-])=C(N)C1N. The molecule has 1 rings (SSSR count). The number of nitrogens with zero attached hydrogens (tertiary/aromatic N) is 2. The first-order valence-corrected chi connectivity index (χ1v) is 3.56. The molecule has 0 bridgehead atoms. The van der Waals surface area contributed by atoms with Gasteiger partial charge in [0.05, 0.1) is 0 Å². The van der Waals surface area contributed by atoms with Crippen LogP contribution in [0.4, 0.5) is 0 Å². The van der Waals surface area contributed by atoms with Crippen molar-refractivity contribution in [3.05, 3.63) is 5.21 Å². The Kier molecular flexibility index (Phi) is 2.36. The van der Waals surface area contributed by atoms with E-state index in [9.17, 15) is 10.0 Å². The zero-order valence-electron chi connectivity index (χ0n) is 6.97. The van der Waals surface area contributed by atoms with Gasteiger partial charge in [0.15, 0.2) is 0 Å². The Morgan fingerprint density at radius 3 is 2.77 bits per heavy atom. The highest BCUT2D eigenvalue weighted by Crippen LogP contribution is 2.03. The van der Waals surface area contributed by atoms with Gasteiger partial charge in [-0.05, 0) is 12.2 Å². The number of hydrogen-bond acceptors (Lipinski definition) is 6. The number of rotatable bonds is 1. The Bertz CT molecular complexity index is 265. The lowest BCUT2D eigenvalue weighted by Crippen LogP contribution is -2.66. The van der Waals surface area contributed by atoms with Gasteiger partial charge >= 0.3 is 5.91 Å². The van der Waals surface area contributed by atoms with Crippen LogP contribution in [0, 0.1) is 5.21 Å². The van der Waals surface area contributed by atoms with Crippen LogP contribution >= 0.6 is 0 Å². The predicted octanol–water partition coefficient (Wildman–Crippen LogP) is -3.08. The molecule has 0 saturated heterocycles. The number of likely N-dealkylation sites (N-methyl/N-ethyl adjacent to an activating group) is 1. The van der Waals surface area contributed by atoms with Gasteiger partial charge < -0.3 is 16.3 Å². The molecule has 0 radical (unpaired) electrons. The highest BCUT2D eigenvalue weighted by Gasteiger charge is 2.40. The van der Waals surface area contributed by atoms with E-state index in [1.54, 1.807) is 0 Å². The van der Waals surface area contributed by atoms with E-state index in [1.807, 2.05) is 0 Å². The maximum absolute atomic E-state index is 11.1. The van der Waals surface area contributed by atoms with E-state index < -0.39 is 18.0 Å². The lowest BCUT2D eigenvalue weighted by molar-refractivity contribution is -0.693. The second-order valence-electron chi connectivity index (χ2n) is 2.62. The third-order valence-electron chi connectivity index (χ3n) is 1.87. The summed E-state index contributed by atoms with van der Waals surface area (Å²) in [5.74, 6) is -1.15. The van der Waals surface area contributed by atoms with E-state index in [0.29, 0.717) is 0 Å². The molecule has 74 valence electrons. The normalized spacial score (nSPS) is 29.8. The zero-order valence-corrected chi connectivity index (χ0v) is 6.97. The van der Waals surface area contributed by atoms with Crippen molar-refractivity contribution in [1.82, 2.24) is 10.5 Å². The largest absolute Gasteiger partial charge is 0.690 e. The summed E-state index contributed by atoms with van der Waals surface area (Å²) in [5, 5.41) is 22.3. The summed E-state index contributed by atoms with van der Waals surface area (Å²) in [5.41, 5.74) is 10.7. The van der Waals surface area contributed by atoms with Crippen LogP contribution in [0.2, 0.25) is 0 Å². The lowest BCUT2D eigenvalue weighted by Gasteiger charge is -2.31. The summed E-state index contributed by atoms with van der Waals surface area (Å²) in [6.45, 7) is 0. The highest BCUT2D eigenvalue weighted by atomic mass is 16.7. The Hall–Kier alpha value is -1.38. The van der Waals surface area contributed by atoms with Crippen molar-refractivity contribution >= 4 is 11.7 Å². The van der Waals surface area contributed by atoms with Crippen LogP contribution in [0.25, 0.3) is 0 Å². The number of hydrazone groups is 1. The minimum Gasteiger partial charge on any atom is -0.690 e. The molecular weight excluding hydrogens is 178 g/mol. The molecule has 2 unspecified atom stereocenters. The Balaban J connectivity index is 3.06. The maximum atomic E-state index is 11.1. The first kappa shape index (κ1) is 9.71. The minimum absolute atomic E-state index is 0.111. The van der Waals surface area contributed by atoms with E-state index in [4.69, 9.17) is 16.7 Å². The van der Waals surface area contributed by atoms with E-state index in [0.717, 1.165) is 0 Å². The van der Waals surface area contributed by atoms with Gasteiger partial charge in [0, 0.05) is 0 Å². The number of carbonyl (C=O) groups is 1. The maximum Gasteiger partial charge on any atom is 0.307 e. The fourth-order valence-corrected chi connectivity index (χ4v) is 1.08. The van der Waals surface area contributed by atoms with Gasteiger partial charge in [-0.25, -0.2) is 5.21 Å². The first-order chi connectivity index (χ1) is 6.00. The van der Waals surface area contributed by atoms with Crippen molar-refractivity contribution in [2.75, 3.05) is 7.05 Å². The third-order valence-corrected chi connectivity index (χ3v) is 1.87. The summed E-state index contributed by atoms with van der Waals surface area (Å²) in [7, 11) is 1.48. The number of carbonyl (C=O) groups excluding carboxylic acids is 1. The second kappa shape index (κ2) is 3.17. The van der Waals surface area contributed by atoms with Crippen molar-refractivity contribution in [2.24, 2.45) is 11.5 Å². The lowest BCUT2D eigenvalue weighted by atomic mass is 10.1. The predicted molar refractivity (Wildman–Crippen MR) is 42.3 cm³/mol. The van der Waals surface area contributed by atoms with Gasteiger partial charge in [-0.1, -0.05) is 0 Å². The summed E-state index contributed by atoms with van der Waals surface area (Å²) >= 11 is 0. The van der Waals surface area contributed by atoms with Crippen molar-refractivity contribution in [2.45, 2.75) is 12.1 Å². The van der Waals surface area contributed by atoms with Crippen molar-refractivity contribution in [1.29, 1.82) is 0 Å². The zero-order chi connectivity index (χ0) is 10.2. The van der Waals surface area contributed by atoms with Gasteiger partial charge in [-0.15, -0.1) is 4.85 Å². The number of hydroxylamine groups is 1. The van der Waals surface area contributed by atoms with Crippen molar-refractivity contribution < 1.29 is 14.8 Å². The average Bonchev–Trinajstić information content (AvgIpc) is 2.13. The molecule has 1 aliphatic heterocycles. The summed E-state index contributed by atoms with van der Waals surface area (Å²) in [6, 6.07) is -1.81. The van der Waals surface area contributed by atoms with Crippen LogP contribution in [-0.4, -0.2) is 46.1 Å². The standard InChI is InChI=1S/C5H11N5O3/c1-8-3-2(6)4(7)9(12)10(13)5(3)11/h2-3,8,13H,6-7H2,1H3. The Morgan fingerprint density at radius 2 is 2.31 bits per heavy atom. The van der Waals surface area contributed by atoms with E-state index in [1.165, 1.54) is 7.05 Å². The summed E-state index contributed by atoms with van der Waals surface area (Å²) < 4.78 is 0. The Morgan fingerprint density at radius 1 is 1.77 bits per heavy atom. The van der Waals surface area contributed by atoms with Gasteiger partial charge in [0.1, 0.15) is 12.1 Å². The molecule has 0 aromatic carbocycles. The summed E-state index contributed by atoms with van der Waals surface area (Å²) in [6.07, 6.45) is 0. The molecule has 2 atom stereocenters. The monoisotopic (exact) mass is 189 g/mol. The molecule has 0 aliphatic carbocycles. The van der Waals surface area contributed by atoms with Crippen LogP contribution in [0.3, 0.4) is 0 Å². The quantitative estimate of drug-likeness (QED) is 0.196. The number of hydrazine groups is 1. The van der Waals surface area contributed by atoms with E-state index in [2.05, 4.69) is 5.32 Å². The van der Waals surface area contributed by atoms with E-state index >= 15 is 0 Å². The number of hydrogen-bond donors (Lipinski definition) is 4. The van der Waals surface area contributed by atoms with Crippen LogP contribution in [-0.2, 0) is 4.79 Å². The molecule has 1 heterocycles. The molecule has 6 N–H and O–H groups in total. The molecule has 0 spiro atoms. The molecule has 13 heavy (non-hydrogen) atoms. The molecule has 0 aromatic heterocycles. The van der Waals surface area contributed by atoms with Gasteiger partial charge in [-0.3, -0.25) is 10.5 Å². The average molecular weight is 189 g/mol. The van der Waals surface area contributed by atoms with Crippen molar-refractivity contribution in [3.8, 4) is 0 Å². The van der Waals surface area contributed by atoms with Crippen LogP contribution in [0.5, 0.6) is 0 Å². The summed E-state index contributed by atoms with van der Waals surface area (Å²) in [4.78, 5) is 11.0. The van der Waals surface area contributed by atoms with Gasteiger partial charge in [0.25, 0.3) is 5.84 Å². The molecule has 8 heteroatoms. The minimum atomic E-state index is -0.932. The second-order valence-corrected chi connectivity index (χ2v) is 2.62. The van der Waals surface area contributed by atoms with Crippen LogP contribution in [0.15, 0.2) is 0 Å². The molecule has 0 aromatic rings. The van der Waals surface area contributed by atoms with Gasteiger partial charge in [0.2, 0.25) is 0 Å². The smallest absolute Gasteiger partial charge is 0.307 e. The number of nitrogens with one attached hydrogen (secondary N) is 1. The number of nitrogens with two attached hydrogens (primary N) is 2. The highest BCUT2D eigenvalue weighted by molar-refractivity contribution is 5.93. The van der Waals surface area contributed by atoms with E-state index in [-0.39, 0.29) is 15.9 Å². The van der Waals surface area contributed by atoms with Crippen molar-refractivity contribution in [3.63, 3.8) is 0 Å². The third kappa shape index (κ3) is 1.30. The fourth-order valence-electron chi connectivity index (χ4n) is 1.08.